The van der Waals surface area contributed by atoms with Gasteiger partial charge in [-0.05, 0) is 43.7 Å². The summed E-state index contributed by atoms with van der Waals surface area (Å²) in [6, 6.07) is 8.57. The smallest absolute Gasteiger partial charge is 0.234 e. The first-order chi connectivity index (χ1) is 12.9. The predicted molar refractivity (Wildman–Crippen MR) is 107 cm³/mol. The van der Waals surface area contributed by atoms with Crippen LogP contribution >= 0.6 is 0 Å². The van der Waals surface area contributed by atoms with Crippen molar-refractivity contribution >= 4 is 11.8 Å². The third-order valence-corrected chi connectivity index (χ3v) is 6.44. The Labute approximate surface area is 163 Å². The SMILES string of the molecule is CCCc1ccc([C@@H](C)NC(=O)CN2CCC3(CCC(=O)N3C)CC2)cc1. The van der Waals surface area contributed by atoms with Gasteiger partial charge in [0.25, 0.3) is 0 Å². The van der Waals surface area contributed by atoms with Gasteiger partial charge in [-0.1, -0.05) is 37.6 Å². The van der Waals surface area contributed by atoms with E-state index in [1.807, 2.05) is 18.9 Å². The molecule has 2 amide bonds. The molecule has 1 aromatic carbocycles. The van der Waals surface area contributed by atoms with E-state index in [2.05, 4.69) is 41.4 Å². The maximum atomic E-state index is 12.5. The maximum Gasteiger partial charge on any atom is 0.234 e. The Kier molecular flexibility index (Phi) is 6.20. The number of amides is 2. The van der Waals surface area contributed by atoms with Gasteiger partial charge in [0.2, 0.25) is 11.8 Å². The van der Waals surface area contributed by atoms with Crippen LogP contribution in [0, 0.1) is 0 Å². The molecule has 5 heteroatoms. The zero-order chi connectivity index (χ0) is 19.4. The minimum Gasteiger partial charge on any atom is -0.348 e. The first-order valence-corrected chi connectivity index (χ1v) is 10.3. The zero-order valence-corrected chi connectivity index (χ0v) is 17.0. The molecule has 0 saturated carbocycles. The van der Waals surface area contributed by atoms with Crippen molar-refractivity contribution in [1.82, 2.24) is 15.1 Å². The highest BCUT2D eigenvalue weighted by atomic mass is 16.2. The van der Waals surface area contributed by atoms with Crippen LogP contribution in [-0.4, -0.2) is 53.8 Å². The summed E-state index contributed by atoms with van der Waals surface area (Å²) >= 11 is 0. The van der Waals surface area contributed by atoms with Crippen LogP contribution in [0.25, 0.3) is 0 Å². The Morgan fingerprint density at radius 2 is 1.85 bits per heavy atom. The number of rotatable bonds is 6. The second-order valence-corrected chi connectivity index (χ2v) is 8.23. The Balaban J connectivity index is 1.46. The molecule has 2 saturated heterocycles. The first-order valence-electron chi connectivity index (χ1n) is 10.3. The van der Waals surface area contributed by atoms with E-state index < -0.39 is 0 Å². The van der Waals surface area contributed by atoms with E-state index in [0.717, 1.165) is 50.8 Å². The van der Waals surface area contributed by atoms with Crippen molar-refractivity contribution in [2.45, 2.75) is 64.0 Å². The monoisotopic (exact) mass is 371 g/mol. The summed E-state index contributed by atoms with van der Waals surface area (Å²) in [4.78, 5) is 28.5. The van der Waals surface area contributed by atoms with Crippen molar-refractivity contribution < 1.29 is 9.59 Å². The van der Waals surface area contributed by atoms with Crippen LogP contribution in [0.4, 0.5) is 0 Å². The quantitative estimate of drug-likeness (QED) is 0.837. The largest absolute Gasteiger partial charge is 0.348 e. The Morgan fingerprint density at radius 1 is 1.19 bits per heavy atom. The average Bonchev–Trinajstić information content (AvgIpc) is 2.93. The highest BCUT2D eigenvalue weighted by molar-refractivity contribution is 5.79. The lowest BCUT2D eigenvalue weighted by molar-refractivity contribution is -0.131. The summed E-state index contributed by atoms with van der Waals surface area (Å²) in [6.45, 7) is 6.42. The highest BCUT2D eigenvalue weighted by Crippen LogP contribution is 2.37. The van der Waals surface area contributed by atoms with Gasteiger partial charge in [0.05, 0.1) is 12.6 Å². The Bertz CT molecular complexity index is 663. The molecule has 148 valence electrons. The fraction of sp³-hybridized carbons (Fsp3) is 0.636. The Hall–Kier alpha value is -1.88. The number of carbonyl (C=O) groups excluding carboxylic acids is 2. The summed E-state index contributed by atoms with van der Waals surface area (Å²) in [5.74, 6) is 0.340. The Morgan fingerprint density at radius 3 is 2.41 bits per heavy atom. The number of piperidine rings is 1. The second kappa shape index (κ2) is 8.42. The summed E-state index contributed by atoms with van der Waals surface area (Å²) in [7, 11) is 1.94. The first kappa shape index (κ1) is 19.9. The van der Waals surface area contributed by atoms with Gasteiger partial charge in [0.15, 0.2) is 0 Å². The normalized spacial score (nSPS) is 20.9. The summed E-state index contributed by atoms with van der Waals surface area (Å²) in [5.41, 5.74) is 2.53. The summed E-state index contributed by atoms with van der Waals surface area (Å²) < 4.78 is 0. The van der Waals surface area contributed by atoms with Crippen LogP contribution < -0.4 is 5.32 Å². The van der Waals surface area contributed by atoms with Crippen molar-refractivity contribution in [2.24, 2.45) is 0 Å². The number of carbonyl (C=O) groups is 2. The summed E-state index contributed by atoms with van der Waals surface area (Å²) in [6.07, 6.45) is 5.82. The van der Waals surface area contributed by atoms with Gasteiger partial charge >= 0.3 is 0 Å². The molecule has 27 heavy (non-hydrogen) atoms. The molecule has 2 fully saturated rings. The number of aryl methyl sites for hydroxylation is 1. The number of likely N-dealkylation sites (tertiary alicyclic amines) is 2. The molecule has 1 spiro atoms. The predicted octanol–water partition coefficient (Wildman–Crippen LogP) is 2.90. The fourth-order valence-corrected chi connectivity index (χ4v) is 4.49. The molecule has 0 unspecified atom stereocenters. The minimum atomic E-state index is 0.0166. The molecule has 0 aromatic heterocycles. The third kappa shape index (κ3) is 4.52. The highest BCUT2D eigenvalue weighted by Gasteiger charge is 2.44. The van der Waals surface area contributed by atoms with Crippen LogP contribution in [-0.2, 0) is 16.0 Å². The van der Waals surface area contributed by atoms with Gasteiger partial charge in [-0.2, -0.15) is 0 Å². The number of nitrogens with one attached hydrogen (secondary N) is 1. The number of benzene rings is 1. The second-order valence-electron chi connectivity index (χ2n) is 8.23. The summed E-state index contributed by atoms with van der Waals surface area (Å²) in [5, 5.41) is 3.13. The van der Waals surface area contributed by atoms with E-state index in [9.17, 15) is 9.59 Å². The number of hydrogen-bond acceptors (Lipinski definition) is 3. The molecular weight excluding hydrogens is 338 g/mol. The molecule has 0 aliphatic carbocycles. The molecule has 2 aliphatic heterocycles. The number of hydrogen-bond donors (Lipinski definition) is 1. The van der Waals surface area contributed by atoms with Crippen molar-refractivity contribution in [3.05, 3.63) is 35.4 Å². The van der Waals surface area contributed by atoms with Gasteiger partial charge in [0.1, 0.15) is 0 Å². The van der Waals surface area contributed by atoms with Crippen LogP contribution in [0.15, 0.2) is 24.3 Å². The van der Waals surface area contributed by atoms with Gasteiger partial charge in [0, 0.05) is 32.1 Å². The van der Waals surface area contributed by atoms with Gasteiger partial charge in [-0.25, -0.2) is 0 Å². The van der Waals surface area contributed by atoms with Crippen molar-refractivity contribution in [1.29, 1.82) is 0 Å². The van der Waals surface area contributed by atoms with Crippen LogP contribution in [0.1, 0.15) is 63.1 Å². The average molecular weight is 372 g/mol. The van der Waals surface area contributed by atoms with Crippen molar-refractivity contribution in [2.75, 3.05) is 26.7 Å². The van der Waals surface area contributed by atoms with Gasteiger partial charge in [-0.3, -0.25) is 14.5 Å². The topological polar surface area (TPSA) is 52.7 Å². The van der Waals surface area contributed by atoms with E-state index in [0.29, 0.717) is 13.0 Å². The van der Waals surface area contributed by atoms with E-state index >= 15 is 0 Å². The van der Waals surface area contributed by atoms with Crippen LogP contribution in [0.2, 0.25) is 0 Å². The van der Waals surface area contributed by atoms with Crippen LogP contribution in [0.3, 0.4) is 0 Å². The lowest BCUT2D eigenvalue weighted by Crippen LogP contribution is -2.53. The van der Waals surface area contributed by atoms with E-state index in [1.54, 1.807) is 0 Å². The third-order valence-electron chi connectivity index (χ3n) is 6.44. The molecule has 2 aliphatic rings. The van der Waals surface area contributed by atoms with Crippen molar-refractivity contribution in [3.63, 3.8) is 0 Å². The molecule has 1 aromatic rings. The fourth-order valence-electron chi connectivity index (χ4n) is 4.49. The standard InChI is InChI=1S/C22H33N3O2/c1-4-5-18-6-8-19(9-7-18)17(2)23-20(26)16-25-14-12-22(13-15-25)11-10-21(27)24(22)3/h6-9,17H,4-5,10-16H2,1-3H3,(H,23,26)/t17-/m1/s1. The van der Waals surface area contributed by atoms with E-state index in [4.69, 9.17) is 0 Å². The molecule has 1 N–H and O–H groups in total. The van der Waals surface area contributed by atoms with E-state index in [1.165, 1.54) is 5.56 Å². The molecular formula is C22H33N3O2. The molecule has 0 radical (unpaired) electrons. The zero-order valence-electron chi connectivity index (χ0n) is 17.0. The van der Waals surface area contributed by atoms with Crippen LogP contribution in [0.5, 0.6) is 0 Å². The molecule has 1 atom stereocenters. The molecule has 0 bridgehead atoms. The molecule has 5 nitrogen and oxygen atoms in total. The minimum absolute atomic E-state index is 0.0166. The van der Waals surface area contributed by atoms with Crippen molar-refractivity contribution in [3.8, 4) is 0 Å². The number of nitrogens with zero attached hydrogens (tertiary/aromatic N) is 2. The van der Waals surface area contributed by atoms with E-state index in [-0.39, 0.29) is 23.4 Å². The van der Waals surface area contributed by atoms with Gasteiger partial charge in [-0.15, -0.1) is 0 Å². The molecule has 2 heterocycles. The maximum absolute atomic E-state index is 12.5. The lowest BCUT2D eigenvalue weighted by Gasteiger charge is -2.43. The molecule has 3 rings (SSSR count). The van der Waals surface area contributed by atoms with Gasteiger partial charge < -0.3 is 10.2 Å². The lowest BCUT2D eigenvalue weighted by atomic mass is 9.85.